The third kappa shape index (κ3) is 2.30. The molecule has 0 nitrogen and oxygen atoms in total. The van der Waals surface area contributed by atoms with Crippen LogP contribution >= 0.6 is 0 Å². The van der Waals surface area contributed by atoms with E-state index in [-0.39, 0.29) is 0 Å². The summed E-state index contributed by atoms with van der Waals surface area (Å²) in [7, 11) is 0. The van der Waals surface area contributed by atoms with E-state index in [1.165, 1.54) is 43.8 Å². The van der Waals surface area contributed by atoms with Gasteiger partial charge in [-0.2, -0.15) is 0 Å². The molecule has 0 heterocycles. The van der Waals surface area contributed by atoms with Crippen molar-refractivity contribution in [3.63, 3.8) is 0 Å². The predicted molar refractivity (Wildman–Crippen MR) is 108 cm³/mol. The van der Waals surface area contributed by atoms with Crippen molar-refractivity contribution in [3.05, 3.63) is 108 Å². The molecule has 0 bridgehead atoms. The topological polar surface area (TPSA) is 0 Å². The Kier molecular flexibility index (Phi) is 3.28. The van der Waals surface area contributed by atoms with Gasteiger partial charge in [-0.15, -0.1) is 0 Å². The zero-order valence-corrected chi connectivity index (χ0v) is 13.9. The van der Waals surface area contributed by atoms with E-state index in [1.807, 2.05) is 0 Å². The lowest BCUT2D eigenvalue weighted by atomic mass is 9.89. The fraction of sp³-hybridized carbons (Fsp3) is 0.0400. The van der Waals surface area contributed by atoms with E-state index in [4.69, 9.17) is 0 Å². The molecular weight excluding hydrogens is 300 g/mol. The fourth-order valence-corrected chi connectivity index (χ4v) is 3.95. The molecular formula is C25H18. The molecule has 0 aromatic heterocycles. The molecule has 0 amide bonds. The average molecular weight is 318 g/mol. The Labute approximate surface area is 147 Å². The van der Waals surface area contributed by atoms with Crippen molar-refractivity contribution < 1.29 is 0 Å². The molecule has 0 aliphatic heterocycles. The van der Waals surface area contributed by atoms with Crippen molar-refractivity contribution in [2.24, 2.45) is 0 Å². The minimum atomic E-state index is 0.997. The second-order valence-corrected chi connectivity index (χ2v) is 6.52. The third-order valence-corrected chi connectivity index (χ3v) is 5.09. The molecule has 0 N–H and O–H groups in total. The van der Waals surface area contributed by atoms with Crippen molar-refractivity contribution in [2.45, 2.75) is 6.42 Å². The summed E-state index contributed by atoms with van der Waals surface area (Å²) in [5, 5.41) is 5.24. The largest absolute Gasteiger partial charge is 0.0722 e. The van der Waals surface area contributed by atoms with Gasteiger partial charge >= 0.3 is 0 Å². The Morgan fingerprint density at radius 2 is 0.880 bits per heavy atom. The normalized spacial score (nSPS) is 13.9. The van der Waals surface area contributed by atoms with Crippen LogP contribution in [0.3, 0.4) is 0 Å². The molecule has 1 aliphatic rings. The van der Waals surface area contributed by atoms with Gasteiger partial charge in [0.25, 0.3) is 0 Å². The van der Waals surface area contributed by atoms with Gasteiger partial charge in [0, 0.05) is 0 Å². The first-order chi connectivity index (χ1) is 12.4. The lowest BCUT2D eigenvalue weighted by molar-refractivity contribution is 1.45. The van der Waals surface area contributed by atoms with E-state index in [9.17, 15) is 0 Å². The summed E-state index contributed by atoms with van der Waals surface area (Å²) < 4.78 is 0. The van der Waals surface area contributed by atoms with E-state index < -0.39 is 0 Å². The van der Waals surface area contributed by atoms with Crippen LogP contribution in [0.5, 0.6) is 0 Å². The minimum absolute atomic E-state index is 0.997. The van der Waals surface area contributed by atoms with Gasteiger partial charge < -0.3 is 0 Å². The highest BCUT2D eigenvalue weighted by molar-refractivity contribution is 6.15. The van der Waals surface area contributed by atoms with Gasteiger partial charge in [0.2, 0.25) is 0 Å². The molecule has 5 rings (SSSR count). The summed E-state index contributed by atoms with van der Waals surface area (Å²) in [4.78, 5) is 0. The highest BCUT2D eigenvalue weighted by atomic mass is 14.2. The maximum Gasteiger partial charge on any atom is -0.0102 e. The van der Waals surface area contributed by atoms with Crippen molar-refractivity contribution in [1.82, 2.24) is 0 Å². The van der Waals surface area contributed by atoms with Crippen molar-refractivity contribution in [3.8, 4) is 0 Å². The summed E-state index contributed by atoms with van der Waals surface area (Å²) in [5.41, 5.74) is 5.37. The van der Waals surface area contributed by atoms with Crippen LogP contribution < -0.4 is 0 Å². The summed E-state index contributed by atoms with van der Waals surface area (Å²) in [6, 6.07) is 30.5. The number of hydrogen-bond donors (Lipinski definition) is 0. The molecule has 118 valence electrons. The summed E-state index contributed by atoms with van der Waals surface area (Å²) in [6.45, 7) is 0. The SMILES string of the molecule is C1=C(c2cccc3ccccc23)C(c2cccc3ccccc23)=CC1. The Morgan fingerprint density at radius 3 is 1.40 bits per heavy atom. The summed E-state index contributed by atoms with van der Waals surface area (Å²) in [6.07, 6.45) is 5.72. The molecule has 1 aliphatic carbocycles. The highest BCUT2D eigenvalue weighted by Crippen LogP contribution is 2.41. The predicted octanol–water partition coefficient (Wildman–Crippen LogP) is 6.86. The maximum absolute atomic E-state index is 2.36. The first kappa shape index (κ1) is 14.2. The molecule has 0 fully saturated rings. The van der Waals surface area contributed by atoms with E-state index in [0.29, 0.717) is 0 Å². The van der Waals surface area contributed by atoms with Crippen LogP contribution in [-0.2, 0) is 0 Å². The number of benzene rings is 4. The number of hydrogen-bond acceptors (Lipinski definition) is 0. The Bertz CT molecular complexity index is 1050. The Morgan fingerprint density at radius 1 is 0.440 bits per heavy atom. The highest BCUT2D eigenvalue weighted by Gasteiger charge is 2.17. The molecule has 4 aromatic carbocycles. The summed E-state index contributed by atoms with van der Waals surface area (Å²) >= 11 is 0. The van der Waals surface area contributed by atoms with Gasteiger partial charge in [-0.1, -0.05) is 97.1 Å². The lowest BCUT2D eigenvalue weighted by Crippen LogP contribution is -1.91. The van der Waals surface area contributed by atoms with E-state index >= 15 is 0 Å². The van der Waals surface area contributed by atoms with Crippen molar-refractivity contribution in [2.75, 3.05) is 0 Å². The Hall–Kier alpha value is -3.12. The maximum atomic E-state index is 2.36. The van der Waals surface area contributed by atoms with Crippen molar-refractivity contribution in [1.29, 1.82) is 0 Å². The zero-order valence-electron chi connectivity index (χ0n) is 13.9. The molecule has 0 heteroatoms. The van der Waals surface area contributed by atoms with Crippen LogP contribution in [-0.4, -0.2) is 0 Å². The van der Waals surface area contributed by atoms with Gasteiger partial charge in [0.05, 0.1) is 0 Å². The van der Waals surface area contributed by atoms with Crippen LogP contribution in [0.15, 0.2) is 97.1 Å². The second kappa shape index (κ2) is 5.75. The molecule has 0 saturated heterocycles. The summed E-state index contributed by atoms with van der Waals surface area (Å²) in [5.74, 6) is 0. The van der Waals surface area contributed by atoms with Crippen LogP contribution in [0.25, 0.3) is 32.7 Å². The van der Waals surface area contributed by atoms with Crippen LogP contribution in [0.4, 0.5) is 0 Å². The van der Waals surface area contributed by atoms with Crippen LogP contribution in [0.2, 0.25) is 0 Å². The fourth-order valence-electron chi connectivity index (χ4n) is 3.95. The Balaban J connectivity index is 1.72. The number of fused-ring (bicyclic) bond motifs is 2. The zero-order chi connectivity index (χ0) is 16.6. The lowest BCUT2D eigenvalue weighted by Gasteiger charge is -2.14. The first-order valence-corrected chi connectivity index (χ1v) is 8.79. The van der Waals surface area contributed by atoms with Crippen molar-refractivity contribution >= 4 is 32.7 Å². The molecule has 0 spiro atoms. The molecule has 0 saturated carbocycles. The molecule has 0 radical (unpaired) electrons. The van der Waals surface area contributed by atoms with E-state index in [2.05, 4.69) is 97.1 Å². The molecule has 25 heavy (non-hydrogen) atoms. The van der Waals surface area contributed by atoms with Gasteiger partial charge in [-0.3, -0.25) is 0 Å². The third-order valence-electron chi connectivity index (χ3n) is 5.09. The standard InChI is InChI=1S/C25H18/c1-3-12-20-18(8-1)10-5-14-22(20)24-16-7-17-25(24)23-15-6-11-19-9-2-4-13-21(19)23/h1-6,8-17H,7H2. The van der Waals surface area contributed by atoms with E-state index in [0.717, 1.165) is 6.42 Å². The van der Waals surface area contributed by atoms with Crippen LogP contribution in [0, 0.1) is 0 Å². The van der Waals surface area contributed by atoms with Gasteiger partial charge in [-0.25, -0.2) is 0 Å². The average Bonchev–Trinajstić information content (AvgIpc) is 3.16. The number of allylic oxidation sites excluding steroid dienone is 4. The van der Waals surface area contributed by atoms with Gasteiger partial charge in [0.1, 0.15) is 0 Å². The van der Waals surface area contributed by atoms with E-state index in [1.54, 1.807) is 0 Å². The minimum Gasteiger partial charge on any atom is -0.0722 e. The molecule has 4 aromatic rings. The molecule has 0 unspecified atom stereocenters. The monoisotopic (exact) mass is 318 g/mol. The second-order valence-electron chi connectivity index (χ2n) is 6.52. The van der Waals surface area contributed by atoms with Crippen LogP contribution in [0.1, 0.15) is 17.5 Å². The smallest absolute Gasteiger partial charge is 0.0102 e. The van der Waals surface area contributed by atoms with Gasteiger partial charge in [-0.05, 0) is 50.2 Å². The molecule has 0 atom stereocenters. The first-order valence-electron chi connectivity index (χ1n) is 8.79. The quantitative estimate of drug-likeness (QED) is 0.378. The number of rotatable bonds is 2. The van der Waals surface area contributed by atoms with Gasteiger partial charge in [0.15, 0.2) is 0 Å².